The highest BCUT2D eigenvalue weighted by Gasteiger charge is 2.37. The molecular formula is C36H30F3IN2O7S6. The number of benzene rings is 3. The lowest BCUT2D eigenvalue weighted by molar-refractivity contribution is 0.263. The molecule has 1 aliphatic carbocycles. The van der Waals surface area contributed by atoms with Gasteiger partial charge in [-0.3, -0.25) is 0 Å². The molecule has 0 N–H and O–H groups in total. The molecule has 0 aliphatic heterocycles. The van der Waals surface area contributed by atoms with Gasteiger partial charge in [0.2, 0.25) is 38.1 Å². The SMILES string of the molecule is CC(C)[S+]([O-])c1sc(C2=CC=CC(C)(F)C2)nc1S(=O)(=O)c1ccc(I)c(OCC[S+]([O-])c2sc(-c3cccc(F)c3)nc2S(=O)(=O)c2ccc(F)cc2)c1. The van der Waals surface area contributed by atoms with Crippen molar-refractivity contribution in [3.05, 3.63) is 105 Å². The molecule has 3 aromatic carbocycles. The molecule has 5 aromatic rings. The Morgan fingerprint density at radius 1 is 0.891 bits per heavy atom. The molecule has 3 unspecified atom stereocenters. The molecule has 3 atom stereocenters. The van der Waals surface area contributed by atoms with Crippen LogP contribution in [0.25, 0.3) is 16.1 Å². The number of hydrogen-bond acceptors (Lipinski definition) is 11. The van der Waals surface area contributed by atoms with Crippen LogP contribution in [0, 0.1) is 15.2 Å². The van der Waals surface area contributed by atoms with Crippen molar-refractivity contribution in [3.8, 4) is 16.3 Å². The van der Waals surface area contributed by atoms with E-state index in [1.165, 1.54) is 55.5 Å². The zero-order valence-electron chi connectivity index (χ0n) is 29.0. The summed E-state index contributed by atoms with van der Waals surface area (Å²) in [6.07, 6.45) is 4.54. The van der Waals surface area contributed by atoms with Crippen molar-refractivity contribution in [1.82, 2.24) is 9.97 Å². The van der Waals surface area contributed by atoms with Crippen LogP contribution in [-0.2, 0) is 42.0 Å². The molecule has 55 heavy (non-hydrogen) atoms. The van der Waals surface area contributed by atoms with Crippen LogP contribution in [0.5, 0.6) is 5.75 Å². The Kier molecular flexibility index (Phi) is 12.6. The maximum Gasteiger partial charge on any atom is 0.246 e. The second-order valence-corrected chi connectivity index (χ2v) is 23.4. The maximum absolute atomic E-state index is 14.9. The Bertz CT molecular complexity index is 2520. The summed E-state index contributed by atoms with van der Waals surface area (Å²) in [6, 6.07) is 13.5. The second kappa shape index (κ2) is 16.6. The molecule has 2 aromatic heterocycles. The maximum atomic E-state index is 14.9. The highest BCUT2D eigenvalue weighted by Crippen LogP contribution is 2.41. The van der Waals surface area contributed by atoms with Gasteiger partial charge in [-0.15, -0.1) is 0 Å². The van der Waals surface area contributed by atoms with Gasteiger partial charge in [-0.05, 0) is 104 Å². The first-order valence-corrected chi connectivity index (χ1v) is 24.4. The van der Waals surface area contributed by atoms with Gasteiger partial charge >= 0.3 is 0 Å². The standard InChI is InChI=1S/C36H30F3IN2O7S6/c1-21(2)53(44)35-33(42-31(51-35)23-7-5-15-36(3,39)20-23)55(47,48)27-13-14-28(40)29(19-27)49-16-17-52(43)34-32(54(45,46)26-11-9-24(37)10-12-26)41-30(50-34)22-6-4-8-25(38)18-22/h4-15,18-19,21H,16-17,20H2,1-3H3. The Labute approximate surface area is 344 Å². The van der Waals surface area contributed by atoms with Gasteiger partial charge in [0, 0.05) is 40.4 Å². The number of ether oxygens (including phenoxy) is 1. The van der Waals surface area contributed by atoms with Crippen LogP contribution >= 0.6 is 45.3 Å². The van der Waals surface area contributed by atoms with Gasteiger partial charge in [-0.1, -0.05) is 47.0 Å². The normalized spacial score (nSPS) is 17.3. The number of alkyl halides is 1. The number of rotatable bonds is 13. The van der Waals surface area contributed by atoms with Crippen LogP contribution in [0.4, 0.5) is 13.2 Å². The molecule has 290 valence electrons. The Morgan fingerprint density at radius 3 is 2.20 bits per heavy atom. The van der Waals surface area contributed by atoms with E-state index in [0.29, 0.717) is 9.14 Å². The van der Waals surface area contributed by atoms with Gasteiger partial charge in [0.05, 0.1) is 13.4 Å². The summed E-state index contributed by atoms with van der Waals surface area (Å²) in [7, 11) is -8.80. The molecular weight excluding hydrogens is 949 g/mol. The van der Waals surface area contributed by atoms with E-state index in [2.05, 4.69) is 9.97 Å². The van der Waals surface area contributed by atoms with E-state index in [1.54, 1.807) is 19.9 Å². The number of halogens is 4. The lowest BCUT2D eigenvalue weighted by Gasteiger charge is -2.19. The van der Waals surface area contributed by atoms with Crippen LogP contribution in [0.2, 0.25) is 0 Å². The largest absolute Gasteiger partial charge is 0.611 e. The molecule has 0 saturated carbocycles. The topological polar surface area (TPSA) is 149 Å². The fourth-order valence-corrected chi connectivity index (χ4v) is 14.9. The highest BCUT2D eigenvalue weighted by molar-refractivity contribution is 14.1. The average Bonchev–Trinajstić information content (AvgIpc) is 3.79. The quantitative estimate of drug-likeness (QED) is 0.0643. The zero-order valence-corrected chi connectivity index (χ0v) is 36.1. The van der Waals surface area contributed by atoms with E-state index in [4.69, 9.17) is 4.74 Å². The van der Waals surface area contributed by atoms with Gasteiger partial charge < -0.3 is 13.8 Å². The molecule has 2 heterocycles. The molecule has 0 amide bonds. The summed E-state index contributed by atoms with van der Waals surface area (Å²) in [5.74, 6) is -1.40. The first-order chi connectivity index (χ1) is 25.9. The first kappa shape index (κ1) is 41.9. The number of allylic oxidation sites excluding steroid dienone is 4. The van der Waals surface area contributed by atoms with Gasteiger partial charge in [0.1, 0.15) is 50.7 Å². The lowest BCUT2D eigenvalue weighted by Crippen LogP contribution is -2.17. The van der Waals surface area contributed by atoms with Crippen molar-refractivity contribution >= 4 is 92.9 Å². The fourth-order valence-electron chi connectivity index (χ4n) is 5.21. The van der Waals surface area contributed by atoms with Crippen molar-refractivity contribution in [2.45, 2.75) is 66.4 Å². The van der Waals surface area contributed by atoms with Gasteiger partial charge in [-0.25, -0.2) is 40.0 Å². The fraction of sp³-hybridized carbons (Fsp3) is 0.222. The number of sulfone groups is 2. The molecule has 1 aliphatic rings. The number of aromatic nitrogens is 2. The van der Waals surface area contributed by atoms with Crippen molar-refractivity contribution in [3.63, 3.8) is 0 Å². The minimum absolute atomic E-state index is 0.0333. The van der Waals surface area contributed by atoms with E-state index in [1.807, 2.05) is 22.6 Å². The van der Waals surface area contributed by atoms with Crippen molar-refractivity contribution < 1.29 is 43.8 Å². The predicted molar refractivity (Wildman–Crippen MR) is 216 cm³/mol. The average molecular weight is 979 g/mol. The van der Waals surface area contributed by atoms with Crippen LogP contribution in [-0.4, -0.2) is 59.2 Å². The van der Waals surface area contributed by atoms with Crippen LogP contribution in [0.3, 0.4) is 0 Å². The Morgan fingerprint density at radius 2 is 1.53 bits per heavy atom. The summed E-state index contributed by atoms with van der Waals surface area (Å²) in [4.78, 5) is 8.14. The van der Waals surface area contributed by atoms with E-state index in [0.717, 1.165) is 53.0 Å². The molecule has 9 nitrogen and oxygen atoms in total. The molecule has 0 radical (unpaired) electrons. The zero-order chi connectivity index (χ0) is 39.9. The monoisotopic (exact) mass is 978 g/mol. The van der Waals surface area contributed by atoms with Crippen molar-refractivity contribution in [1.29, 1.82) is 0 Å². The minimum atomic E-state index is -4.40. The molecule has 0 spiro atoms. The number of nitrogens with zero attached hydrogens (tertiary/aromatic N) is 2. The van der Waals surface area contributed by atoms with Crippen LogP contribution in [0.1, 0.15) is 32.2 Å². The third-order valence-electron chi connectivity index (χ3n) is 7.95. The summed E-state index contributed by atoms with van der Waals surface area (Å²) >= 11 is -0.122. The highest BCUT2D eigenvalue weighted by atomic mass is 127. The number of hydrogen-bond donors (Lipinski definition) is 0. The van der Waals surface area contributed by atoms with Gasteiger partial charge in [-0.2, -0.15) is 0 Å². The summed E-state index contributed by atoms with van der Waals surface area (Å²) in [5.41, 5.74) is -0.938. The first-order valence-electron chi connectivity index (χ1n) is 16.2. The third-order valence-corrected chi connectivity index (χ3v) is 18.7. The third kappa shape index (κ3) is 9.19. The van der Waals surface area contributed by atoms with E-state index in [-0.39, 0.29) is 58.3 Å². The molecule has 6 rings (SSSR count). The van der Waals surface area contributed by atoms with Crippen LogP contribution in [0.15, 0.2) is 113 Å². The van der Waals surface area contributed by atoms with Crippen molar-refractivity contribution in [2.24, 2.45) is 0 Å². The second-order valence-electron chi connectivity index (χ2n) is 12.5. The van der Waals surface area contributed by atoms with E-state index < -0.39 is 74.6 Å². The summed E-state index contributed by atoms with van der Waals surface area (Å²) < 4.78 is 132. The van der Waals surface area contributed by atoms with Gasteiger partial charge in [0.25, 0.3) is 0 Å². The Hall–Kier alpha value is -2.76. The van der Waals surface area contributed by atoms with E-state index in [9.17, 15) is 39.1 Å². The molecule has 19 heteroatoms. The minimum Gasteiger partial charge on any atom is -0.611 e. The summed E-state index contributed by atoms with van der Waals surface area (Å²) in [6.45, 7) is 4.50. The predicted octanol–water partition coefficient (Wildman–Crippen LogP) is 8.59. The van der Waals surface area contributed by atoms with Gasteiger partial charge in [0.15, 0.2) is 0 Å². The van der Waals surface area contributed by atoms with E-state index >= 15 is 0 Å². The smallest absolute Gasteiger partial charge is 0.246 e. The number of thiazole rings is 2. The molecule has 0 fully saturated rings. The Balaban J connectivity index is 1.28. The summed E-state index contributed by atoms with van der Waals surface area (Å²) in [5, 5.41) is -1.05. The van der Waals surface area contributed by atoms with Crippen molar-refractivity contribution in [2.75, 3.05) is 12.4 Å². The lowest BCUT2D eigenvalue weighted by atomic mass is 9.93. The van der Waals surface area contributed by atoms with Crippen LogP contribution < -0.4 is 4.74 Å². The molecule has 0 bridgehead atoms. The molecule has 0 saturated heterocycles.